The lowest BCUT2D eigenvalue weighted by Gasteiger charge is -2.09. The maximum atomic E-state index is 13.2. The molecule has 1 N–H and O–H groups in total. The van der Waals surface area contributed by atoms with Gasteiger partial charge in [-0.05, 0) is 35.7 Å². The highest BCUT2D eigenvalue weighted by Crippen LogP contribution is 2.21. The summed E-state index contributed by atoms with van der Waals surface area (Å²) in [6, 6.07) is 10.7. The Hall–Kier alpha value is -2.69. The van der Waals surface area contributed by atoms with E-state index in [-0.39, 0.29) is 0 Å². The van der Waals surface area contributed by atoms with Crippen LogP contribution in [0.3, 0.4) is 0 Å². The van der Waals surface area contributed by atoms with Gasteiger partial charge < -0.3 is 9.73 Å². The number of hydrogen-bond donors (Lipinski definition) is 1. The molecule has 0 saturated carbocycles. The van der Waals surface area contributed by atoms with Gasteiger partial charge in [0.15, 0.2) is 11.6 Å². The van der Waals surface area contributed by atoms with Crippen LogP contribution in [-0.2, 0) is 13.0 Å². The van der Waals surface area contributed by atoms with Gasteiger partial charge in [0.2, 0.25) is 0 Å². The van der Waals surface area contributed by atoms with Crippen molar-refractivity contribution >= 4 is 16.7 Å². The van der Waals surface area contributed by atoms with Crippen molar-refractivity contribution in [2.75, 3.05) is 5.32 Å². The number of benzene rings is 2. The number of halogens is 2. The predicted octanol–water partition coefficient (Wildman–Crippen LogP) is 4.25. The van der Waals surface area contributed by atoms with Crippen LogP contribution in [0.1, 0.15) is 18.1 Å². The molecule has 0 radical (unpaired) electrons. The molecule has 0 atom stereocenters. The summed E-state index contributed by atoms with van der Waals surface area (Å²) in [5.41, 5.74) is 2.34. The van der Waals surface area contributed by atoms with Crippen LogP contribution >= 0.6 is 0 Å². The van der Waals surface area contributed by atoms with Gasteiger partial charge in [-0.15, -0.1) is 0 Å². The fraction of sp³-hybridized carbons (Fsp3) is 0.167. The van der Waals surface area contributed by atoms with E-state index in [1.54, 1.807) is 0 Å². The molecule has 0 saturated heterocycles. The van der Waals surface area contributed by atoms with E-state index in [0.29, 0.717) is 17.8 Å². The Bertz CT molecular complexity index is 919. The zero-order valence-electron chi connectivity index (χ0n) is 12.5. The van der Waals surface area contributed by atoms with Crippen molar-refractivity contribution in [3.63, 3.8) is 0 Å². The number of aryl methyl sites for hydroxylation is 1. The summed E-state index contributed by atoms with van der Waals surface area (Å²) in [5, 5.41) is 3.81. The smallest absolute Gasteiger partial charge is 0.336 e. The first-order valence-electron chi connectivity index (χ1n) is 7.31. The fourth-order valence-electron chi connectivity index (χ4n) is 2.44. The zero-order valence-corrected chi connectivity index (χ0v) is 12.5. The van der Waals surface area contributed by atoms with Gasteiger partial charge >= 0.3 is 5.63 Å². The van der Waals surface area contributed by atoms with Crippen molar-refractivity contribution in [1.82, 2.24) is 0 Å². The lowest BCUT2D eigenvalue weighted by molar-refractivity contribution is 0.509. The average molecular weight is 315 g/mol. The molecule has 0 bridgehead atoms. The number of rotatable bonds is 4. The minimum Gasteiger partial charge on any atom is -0.423 e. The Morgan fingerprint density at radius 3 is 2.61 bits per heavy atom. The monoisotopic (exact) mass is 315 g/mol. The molecule has 118 valence electrons. The predicted molar refractivity (Wildman–Crippen MR) is 85.5 cm³/mol. The topological polar surface area (TPSA) is 42.2 Å². The van der Waals surface area contributed by atoms with Gasteiger partial charge in [-0.25, -0.2) is 13.6 Å². The van der Waals surface area contributed by atoms with E-state index in [9.17, 15) is 13.6 Å². The summed E-state index contributed by atoms with van der Waals surface area (Å²) in [4.78, 5) is 11.7. The normalized spacial score (nSPS) is 10.9. The van der Waals surface area contributed by atoms with Crippen molar-refractivity contribution in [1.29, 1.82) is 0 Å². The minimum atomic E-state index is -0.917. The molecule has 3 rings (SSSR count). The first-order chi connectivity index (χ1) is 11.1. The molecule has 3 aromatic rings. The van der Waals surface area contributed by atoms with Gasteiger partial charge in [0.05, 0.1) is 0 Å². The van der Waals surface area contributed by atoms with Crippen LogP contribution in [0.15, 0.2) is 51.7 Å². The fourth-order valence-corrected chi connectivity index (χ4v) is 2.44. The lowest BCUT2D eigenvalue weighted by atomic mass is 10.1. The van der Waals surface area contributed by atoms with Gasteiger partial charge in [0.25, 0.3) is 0 Å². The first-order valence-corrected chi connectivity index (χ1v) is 7.31. The molecular formula is C18H15F2NO2. The first kappa shape index (κ1) is 15.2. The minimum absolute atomic E-state index is 0.304. The molecule has 0 unspecified atom stereocenters. The molecule has 1 heterocycles. The number of hydrogen-bond acceptors (Lipinski definition) is 3. The molecule has 0 aliphatic carbocycles. The van der Waals surface area contributed by atoms with Crippen molar-refractivity contribution in [2.45, 2.75) is 19.9 Å². The molecule has 0 fully saturated rings. The maximum Gasteiger partial charge on any atom is 0.336 e. The van der Waals surface area contributed by atoms with Gasteiger partial charge in [-0.2, -0.15) is 0 Å². The number of fused-ring (bicyclic) bond motifs is 1. The quantitative estimate of drug-likeness (QED) is 0.732. The highest BCUT2D eigenvalue weighted by Gasteiger charge is 2.07. The molecule has 5 heteroatoms. The molecule has 2 aromatic carbocycles. The lowest BCUT2D eigenvalue weighted by Crippen LogP contribution is -2.06. The summed E-state index contributed by atoms with van der Waals surface area (Å²) in [7, 11) is 0. The molecule has 0 aliphatic rings. The summed E-state index contributed by atoms with van der Waals surface area (Å²) in [5.74, 6) is -1.81. The molecular weight excluding hydrogens is 300 g/mol. The SMILES string of the molecule is CCc1ccc2c(CNc3ccc(F)c(F)c3)cc(=O)oc2c1. The Balaban J connectivity index is 1.93. The summed E-state index contributed by atoms with van der Waals surface area (Å²) in [6.45, 7) is 2.33. The number of anilines is 1. The van der Waals surface area contributed by atoms with Gasteiger partial charge in [0, 0.05) is 29.8 Å². The van der Waals surface area contributed by atoms with E-state index in [1.165, 1.54) is 12.1 Å². The van der Waals surface area contributed by atoms with E-state index in [2.05, 4.69) is 5.32 Å². The summed E-state index contributed by atoms with van der Waals surface area (Å²) >= 11 is 0. The van der Waals surface area contributed by atoms with Crippen LogP contribution < -0.4 is 10.9 Å². The van der Waals surface area contributed by atoms with Crippen LogP contribution in [0.5, 0.6) is 0 Å². The van der Waals surface area contributed by atoms with Crippen molar-refractivity contribution in [2.24, 2.45) is 0 Å². The molecule has 0 spiro atoms. The van der Waals surface area contributed by atoms with Crippen LogP contribution in [0, 0.1) is 11.6 Å². The second kappa shape index (κ2) is 6.20. The van der Waals surface area contributed by atoms with E-state index in [1.807, 2.05) is 25.1 Å². The molecule has 1 aromatic heterocycles. The second-order valence-electron chi connectivity index (χ2n) is 5.26. The zero-order chi connectivity index (χ0) is 16.4. The Kier molecular flexibility index (Phi) is 4.10. The van der Waals surface area contributed by atoms with Gasteiger partial charge in [0.1, 0.15) is 5.58 Å². The van der Waals surface area contributed by atoms with Gasteiger partial charge in [-0.1, -0.05) is 19.1 Å². The highest BCUT2D eigenvalue weighted by atomic mass is 19.2. The van der Waals surface area contributed by atoms with Crippen molar-refractivity contribution in [3.05, 3.63) is 75.6 Å². The Labute approximate surface area is 131 Å². The third-order valence-corrected chi connectivity index (χ3v) is 3.71. The van der Waals surface area contributed by atoms with Crippen LogP contribution in [-0.4, -0.2) is 0 Å². The van der Waals surface area contributed by atoms with E-state index in [4.69, 9.17) is 4.42 Å². The third-order valence-electron chi connectivity index (χ3n) is 3.71. The Morgan fingerprint density at radius 2 is 1.87 bits per heavy atom. The standard InChI is InChI=1S/C18H15F2NO2/c1-2-11-3-5-14-12(8-18(22)23-17(14)7-11)10-21-13-4-6-15(19)16(20)9-13/h3-9,21H,2,10H2,1H3. The molecule has 0 aliphatic heterocycles. The third kappa shape index (κ3) is 3.23. The summed E-state index contributed by atoms with van der Waals surface area (Å²) < 4.78 is 31.4. The second-order valence-corrected chi connectivity index (χ2v) is 5.26. The summed E-state index contributed by atoms with van der Waals surface area (Å²) in [6.07, 6.45) is 0.844. The van der Waals surface area contributed by atoms with E-state index in [0.717, 1.165) is 35.1 Å². The molecule has 3 nitrogen and oxygen atoms in total. The molecule has 23 heavy (non-hydrogen) atoms. The average Bonchev–Trinajstić information content (AvgIpc) is 2.54. The maximum absolute atomic E-state index is 13.2. The molecule has 0 amide bonds. The Morgan fingerprint density at radius 1 is 1.04 bits per heavy atom. The van der Waals surface area contributed by atoms with Crippen LogP contribution in [0.25, 0.3) is 11.0 Å². The van der Waals surface area contributed by atoms with Crippen LogP contribution in [0.4, 0.5) is 14.5 Å². The highest BCUT2D eigenvalue weighted by molar-refractivity contribution is 5.81. The van der Waals surface area contributed by atoms with E-state index >= 15 is 0 Å². The number of nitrogens with one attached hydrogen (secondary N) is 1. The largest absolute Gasteiger partial charge is 0.423 e. The van der Waals surface area contributed by atoms with Crippen molar-refractivity contribution < 1.29 is 13.2 Å². The van der Waals surface area contributed by atoms with Crippen LogP contribution in [0.2, 0.25) is 0 Å². The van der Waals surface area contributed by atoms with Gasteiger partial charge in [-0.3, -0.25) is 0 Å². The van der Waals surface area contributed by atoms with Crippen molar-refractivity contribution in [3.8, 4) is 0 Å². The van der Waals surface area contributed by atoms with E-state index < -0.39 is 17.3 Å².